The molecule has 1 rings (SSSR count). The van der Waals surface area contributed by atoms with Crippen molar-refractivity contribution in [3.8, 4) is 5.75 Å². The van der Waals surface area contributed by atoms with Crippen LogP contribution in [-0.4, -0.2) is 18.3 Å². The molecule has 4 nitrogen and oxygen atoms in total. The minimum absolute atomic E-state index is 0.738. The van der Waals surface area contributed by atoms with Gasteiger partial charge in [-0.1, -0.05) is 12.1 Å². The number of hydrogen-bond donors (Lipinski definition) is 2. The topological polar surface area (TPSA) is 58.6 Å². The molecule has 0 saturated heterocycles. The van der Waals surface area contributed by atoms with Crippen LogP contribution in [0.4, 0.5) is 4.79 Å². The minimum Gasteiger partial charge on any atom is -0.497 e. The molecule has 0 aliphatic carbocycles. The first-order valence-corrected chi connectivity index (χ1v) is 4.02. The van der Waals surface area contributed by atoms with Crippen molar-refractivity contribution in [1.82, 2.24) is 5.32 Å². The summed E-state index contributed by atoms with van der Waals surface area (Å²) in [4.78, 5) is 10.1. The van der Waals surface area contributed by atoms with E-state index in [1.54, 1.807) is 19.3 Å². The number of ether oxygens (including phenoxy) is 1. The van der Waals surface area contributed by atoms with Crippen molar-refractivity contribution in [3.05, 3.63) is 36.0 Å². The predicted molar refractivity (Wildman–Crippen MR) is 53.2 cm³/mol. The summed E-state index contributed by atoms with van der Waals surface area (Å²) in [6.45, 7) is 0. The van der Waals surface area contributed by atoms with E-state index in [1.165, 1.54) is 6.20 Å². The monoisotopic (exact) mass is 193 g/mol. The second kappa shape index (κ2) is 4.91. The van der Waals surface area contributed by atoms with Crippen LogP contribution in [0.1, 0.15) is 5.56 Å². The summed E-state index contributed by atoms with van der Waals surface area (Å²) in [5, 5.41) is 10.4. The van der Waals surface area contributed by atoms with Gasteiger partial charge in [0.05, 0.1) is 7.11 Å². The summed E-state index contributed by atoms with van der Waals surface area (Å²) in [7, 11) is 1.58. The predicted octanol–water partition coefficient (Wildman–Crippen LogP) is 1.93. The van der Waals surface area contributed by atoms with E-state index in [9.17, 15) is 4.79 Å². The van der Waals surface area contributed by atoms with Crippen molar-refractivity contribution in [2.75, 3.05) is 7.11 Å². The normalized spacial score (nSPS) is 10.1. The second-order valence-corrected chi connectivity index (χ2v) is 2.56. The average Bonchev–Trinajstić information content (AvgIpc) is 2.18. The van der Waals surface area contributed by atoms with E-state index in [2.05, 4.69) is 5.32 Å². The van der Waals surface area contributed by atoms with Crippen LogP contribution >= 0.6 is 0 Å². The zero-order chi connectivity index (χ0) is 10.4. The number of methoxy groups -OCH3 is 1. The smallest absolute Gasteiger partial charge is 0.408 e. The largest absolute Gasteiger partial charge is 0.497 e. The molecule has 0 radical (unpaired) electrons. The fourth-order valence-electron chi connectivity index (χ4n) is 0.954. The Morgan fingerprint density at radius 3 is 3.00 bits per heavy atom. The van der Waals surface area contributed by atoms with Crippen molar-refractivity contribution < 1.29 is 14.6 Å². The third-order valence-electron chi connectivity index (χ3n) is 1.58. The summed E-state index contributed by atoms with van der Waals surface area (Å²) < 4.78 is 5.01. The van der Waals surface area contributed by atoms with Gasteiger partial charge < -0.3 is 9.84 Å². The van der Waals surface area contributed by atoms with Crippen LogP contribution in [-0.2, 0) is 0 Å². The standard InChI is InChI=1S/C10H11NO3/c1-14-9-4-2-3-8(7-9)5-6-11-10(12)13/h2-7,11H,1H3,(H,12,13)/b6-5+. The molecule has 1 amide bonds. The molecular weight excluding hydrogens is 182 g/mol. The highest BCUT2D eigenvalue weighted by atomic mass is 16.5. The number of benzene rings is 1. The molecule has 0 aliphatic rings. The Morgan fingerprint density at radius 1 is 1.57 bits per heavy atom. The van der Waals surface area contributed by atoms with Gasteiger partial charge in [0, 0.05) is 6.20 Å². The summed E-state index contributed by atoms with van der Waals surface area (Å²) in [6, 6.07) is 7.31. The lowest BCUT2D eigenvalue weighted by Crippen LogP contribution is -2.12. The first-order valence-electron chi connectivity index (χ1n) is 4.02. The molecule has 0 aromatic heterocycles. The molecule has 0 heterocycles. The molecule has 2 N–H and O–H groups in total. The van der Waals surface area contributed by atoms with Crippen molar-refractivity contribution >= 4 is 12.2 Å². The molecule has 1 aromatic rings. The lowest BCUT2D eigenvalue weighted by Gasteiger charge is -1.99. The molecule has 0 bridgehead atoms. The summed E-state index contributed by atoms with van der Waals surface area (Å²) in [5.74, 6) is 0.738. The van der Waals surface area contributed by atoms with Gasteiger partial charge in [0.1, 0.15) is 5.75 Å². The van der Waals surface area contributed by atoms with Crippen LogP contribution in [0.15, 0.2) is 30.5 Å². The van der Waals surface area contributed by atoms with E-state index in [0.717, 1.165) is 11.3 Å². The molecule has 0 unspecified atom stereocenters. The second-order valence-electron chi connectivity index (χ2n) is 2.56. The van der Waals surface area contributed by atoms with Gasteiger partial charge in [0.15, 0.2) is 0 Å². The maximum atomic E-state index is 10.1. The third kappa shape index (κ3) is 3.18. The number of carbonyl (C=O) groups is 1. The van der Waals surface area contributed by atoms with E-state index in [-0.39, 0.29) is 0 Å². The van der Waals surface area contributed by atoms with Gasteiger partial charge in [-0.05, 0) is 23.8 Å². The highest BCUT2D eigenvalue weighted by Crippen LogP contribution is 2.13. The fraction of sp³-hybridized carbons (Fsp3) is 0.100. The van der Waals surface area contributed by atoms with Gasteiger partial charge in [-0.3, -0.25) is 5.32 Å². The van der Waals surface area contributed by atoms with Gasteiger partial charge in [-0.15, -0.1) is 0 Å². The van der Waals surface area contributed by atoms with Crippen molar-refractivity contribution in [3.63, 3.8) is 0 Å². The first kappa shape index (κ1) is 10.1. The Hall–Kier alpha value is -1.97. The van der Waals surface area contributed by atoms with E-state index in [4.69, 9.17) is 9.84 Å². The molecule has 0 atom stereocenters. The number of amides is 1. The van der Waals surface area contributed by atoms with E-state index in [1.807, 2.05) is 18.2 Å². The van der Waals surface area contributed by atoms with E-state index in [0.29, 0.717) is 0 Å². The van der Waals surface area contributed by atoms with E-state index >= 15 is 0 Å². The molecule has 0 fully saturated rings. The van der Waals surface area contributed by atoms with Crippen LogP contribution in [0.3, 0.4) is 0 Å². The molecule has 4 heteroatoms. The highest BCUT2D eigenvalue weighted by molar-refractivity contribution is 5.67. The summed E-state index contributed by atoms with van der Waals surface area (Å²) in [5.41, 5.74) is 0.873. The maximum absolute atomic E-state index is 10.1. The zero-order valence-corrected chi connectivity index (χ0v) is 7.73. The summed E-state index contributed by atoms with van der Waals surface area (Å²) in [6.07, 6.45) is 1.93. The Balaban J connectivity index is 2.66. The van der Waals surface area contributed by atoms with Gasteiger partial charge in [-0.25, -0.2) is 4.79 Å². The van der Waals surface area contributed by atoms with Crippen LogP contribution in [0.25, 0.3) is 6.08 Å². The molecule has 0 spiro atoms. The van der Waals surface area contributed by atoms with Gasteiger partial charge in [-0.2, -0.15) is 0 Å². The molecular formula is C10H11NO3. The molecule has 1 aromatic carbocycles. The van der Waals surface area contributed by atoms with Gasteiger partial charge in [0.25, 0.3) is 0 Å². The van der Waals surface area contributed by atoms with Crippen molar-refractivity contribution in [2.45, 2.75) is 0 Å². The molecule has 14 heavy (non-hydrogen) atoms. The third-order valence-corrected chi connectivity index (χ3v) is 1.58. The Morgan fingerprint density at radius 2 is 2.36 bits per heavy atom. The average molecular weight is 193 g/mol. The zero-order valence-electron chi connectivity index (χ0n) is 7.73. The van der Waals surface area contributed by atoms with Crippen molar-refractivity contribution in [2.24, 2.45) is 0 Å². The minimum atomic E-state index is -1.08. The number of carboxylic acid groups (broad SMARTS) is 1. The van der Waals surface area contributed by atoms with Crippen LogP contribution in [0.5, 0.6) is 5.75 Å². The van der Waals surface area contributed by atoms with Gasteiger partial charge in [0.2, 0.25) is 0 Å². The van der Waals surface area contributed by atoms with E-state index < -0.39 is 6.09 Å². The Kier molecular flexibility index (Phi) is 3.55. The quantitative estimate of drug-likeness (QED) is 0.771. The Bertz CT molecular complexity index is 347. The Labute approximate surface area is 81.8 Å². The maximum Gasteiger partial charge on any atom is 0.408 e. The highest BCUT2D eigenvalue weighted by Gasteiger charge is 1.91. The SMILES string of the molecule is COc1cccc(/C=C/NC(=O)O)c1. The number of hydrogen-bond acceptors (Lipinski definition) is 2. The molecule has 0 saturated carbocycles. The lowest BCUT2D eigenvalue weighted by molar-refractivity contribution is 0.198. The molecule has 0 aliphatic heterocycles. The molecule has 74 valence electrons. The lowest BCUT2D eigenvalue weighted by atomic mass is 10.2. The number of nitrogens with one attached hydrogen (secondary N) is 1. The summed E-state index contributed by atoms with van der Waals surface area (Å²) >= 11 is 0. The van der Waals surface area contributed by atoms with Crippen molar-refractivity contribution in [1.29, 1.82) is 0 Å². The van der Waals surface area contributed by atoms with Crippen LogP contribution < -0.4 is 10.1 Å². The fourth-order valence-corrected chi connectivity index (χ4v) is 0.954. The first-order chi connectivity index (χ1) is 6.72. The van der Waals surface area contributed by atoms with Crippen LogP contribution in [0, 0.1) is 0 Å². The van der Waals surface area contributed by atoms with Crippen LogP contribution in [0.2, 0.25) is 0 Å². The van der Waals surface area contributed by atoms with Gasteiger partial charge >= 0.3 is 6.09 Å². The number of rotatable bonds is 3.